The van der Waals surface area contributed by atoms with Crippen molar-refractivity contribution in [3.05, 3.63) is 22.4 Å². The molecule has 1 aromatic heterocycles. The maximum Gasteiger partial charge on any atom is 0.102 e. The standard InChI is InChI=1S/C5H7NOS/c6-7-4-5-2-1-3-8-5/h1-3H,4,6H2. The molecule has 0 fully saturated rings. The van der Waals surface area contributed by atoms with Gasteiger partial charge in [-0.05, 0) is 11.4 Å². The summed E-state index contributed by atoms with van der Waals surface area (Å²) in [5, 5.41) is 1.99. The SMILES string of the molecule is NOCc1cccs1. The molecule has 0 amide bonds. The summed E-state index contributed by atoms with van der Waals surface area (Å²) in [6.07, 6.45) is 0. The summed E-state index contributed by atoms with van der Waals surface area (Å²) < 4.78 is 0. The first-order valence-corrected chi connectivity index (χ1v) is 3.15. The van der Waals surface area contributed by atoms with E-state index < -0.39 is 0 Å². The second-order valence-electron chi connectivity index (χ2n) is 1.39. The minimum atomic E-state index is 0.525. The van der Waals surface area contributed by atoms with Crippen LogP contribution in [0.3, 0.4) is 0 Å². The molecule has 1 heterocycles. The lowest BCUT2D eigenvalue weighted by Crippen LogP contribution is -1.96. The molecule has 0 atom stereocenters. The second-order valence-corrected chi connectivity index (χ2v) is 2.42. The average Bonchev–Trinajstić information content (AvgIpc) is 2.19. The van der Waals surface area contributed by atoms with E-state index in [4.69, 9.17) is 5.90 Å². The first-order valence-electron chi connectivity index (χ1n) is 2.27. The lowest BCUT2D eigenvalue weighted by Gasteiger charge is -1.88. The Kier molecular flexibility index (Phi) is 2.02. The number of nitrogens with two attached hydrogens (primary N) is 1. The van der Waals surface area contributed by atoms with Gasteiger partial charge in [0.05, 0.1) is 0 Å². The van der Waals surface area contributed by atoms with Gasteiger partial charge in [0, 0.05) is 4.88 Å². The van der Waals surface area contributed by atoms with Crippen LogP contribution < -0.4 is 5.90 Å². The van der Waals surface area contributed by atoms with E-state index in [0.29, 0.717) is 6.61 Å². The smallest absolute Gasteiger partial charge is 0.102 e. The minimum absolute atomic E-state index is 0.525. The van der Waals surface area contributed by atoms with Gasteiger partial charge in [-0.1, -0.05) is 6.07 Å². The van der Waals surface area contributed by atoms with Crippen LogP contribution in [0.15, 0.2) is 17.5 Å². The maximum atomic E-state index is 4.83. The molecule has 0 aliphatic carbocycles. The van der Waals surface area contributed by atoms with E-state index in [1.165, 1.54) is 0 Å². The zero-order chi connectivity index (χ0) is 5.82. The van der Waals surface area contributed by atoms with Gasteiger partial charge in [0.1, 0.15) is 6.61 Å². The van der Waals surface area contributed by atoms with Crippen LogP contribution >= 0.6 is 11.3 Å². The topological polar surface area (TPSA) is 35.2 Å². The van der Waals surface area contributed by atoms with E-state index in [2.05, 4.69) is 4.84 Å². The lowest BCUT2D eigenvalue weighted by atomic mass is 10.5. The molecule has 0 saturated carbocycles. The maximum absolute atomic E-state index is 4.83. The van der Waals surface area contributed by atoms with Crippen LogP contribution in [0.1, 0.15) is 4.88 Å². The van der Waals surface area contributed by atoms with Gasteiger partial charge in [0.25, 0.3) is 0 Å². The first-order chi connectivity index (χ1) is 3.93. The predicted molar refractivity (Wildman–Crippen MR) is 33.3 cm³/mol. The molecule has 0 aliphatic rings. The Morgan fingerprint density at radius 3 is 3.12 bits per heavy atom. The lowest BCUT2D eigenvalue weighted by molar-refractivity contribution is 0.126. The Hall–Kier alpha value is -0.380. The minimum Gasteiger partial charge on any atom is -0.299 e. The highest BCUT2D eigenvalue weighted by Gasteiger charge is 1.87. The molecule has 0 bridgehead atoms. The summed E-state index contributed by atoms with van der Waals surface area (Å²) >= 11 is 1.64. The largest absolute Gasteiger partial charge is 0.299 e. The molecule has 0 spiro atoms. The summed E-state index contributed by atoms with van der Waals surface area (Å²) in [5.74, 6) is 4.83. The van der Waals surface area contributed by atoms with Gasteiger partial charge >= 0.3 is 0 Å². The molecule has 0 saturated heterocycles. The number of hydrogen-bond acceptors (Lipinski definition) is 3. The summed E-state index contributed by atoms with van der Waals surface area (Å²) in [4.78, 5) is 5.56. The van der Waals surface area contributed by atoms with E-state index in [-0.39, 0.29) is 0 Å². The van der Waals surface area contributed by atoms with Crippen molar-refractivity contribution in [1.82, 2.24) is 0 Å². The van der Waals surface area contributed by atoms with Crippen LogP contribution in [0.4, 0.5) is 0 Å². The third-order valence-corrected chi connectivity index (χ3v) is 1.66. The van der Waals surface area contributed by atoms with Gasteiger partial charge in [-0.3, -0.25) is 4.84 Å². The molecule has 0 aromatic carbocycles. The summed E-state index contributed by atoms with van der Waals surface area (Å²) in [6, 6.07) is 3.95. The third kappa shape index (κ3) is 1.30. The van der Waals surface area contributed by atoms with Gasteiger partial charge < -0.3 is 0 Å². The first kappa shape index (κ1) is 5.75. The molecular formula is C5H7NOS. The molecule has 0 radical (unpaired) electrons. The van der Waals surface area contributed by atoms with Crippen molar-refractivity contribution in [1.29, 1.82) is 0 Å². The Morgan fingerprint density at radius 1 is 1.75 bits per heavy atom. The fourth-order valence-corrected chi connectivity index (χ4v) is 1.10. The summed E-state index contributed by atoms with van der Waals surface area (Å²) in [7, 11) is 0. The third-order valence-electron chi connectivity index (χ3n) is 0.806. The highest BCUT2D eigenvalue weighted by atomic mass is 32.1. The molecule has 2 nitrogen and oxygen atoms in total. The van der Waals surface area contributed by atoms with E-state index in [1.54, 1.807) is 11.3 Å². The summed E-state index contributed by atoms with van der Waals surface area (Å²) in [5.41, 5.74) is 0. The van der Waals surface area contributed by atoms with Gasteiger partial charge in [-0.2, -0.15) is 0 Å². The molecule has 2 N–H and O–H groups in total. The van der Waals surface area contributed by atoms with Crippen molar-refractivity contribution in [2.75, 3.05) is 0 Å². The van der Waals surface area contributed by atoms with Crippen molar-refractivity contribution in [3.8, 4) is 0 Å². The Bertz CT molecular complexity index is 138. The molecule has 1 aromatic rings. The Morgan fingerprint density at radius 2 is 2.62 bits per heavy atom. The van der Waals surface area contributed by atoms with Crippen LogP contribution in [0.25, 0.3) is 0 Å². The Balaban J connectivity index is 2.50. The van der Waals surface area contributed by atoms with E-state index in [9.17, 15) is 0 Å². The van der Waals surface area contributed by atoms with Crippen LogP contribution in [0, 0.1) is 0 Å². The van der Waals surface area contributed by atoms with Gasteiger partial charge in [-0.15, -0.1) is 11.3 Å². The van der Waals surface area contributed by atoms with Gasteiger partial charge in [-0.25, -0.2) is 5.90 Å². The highest BCUT2D eigenvalue weighted by Crippen LogP contribution is 2.07. The number of thiophene rings is 1. The van der Waals surface area contributed by atoms with Crippen LogP contribution in [-0.2, 0) is 11.4 Å². The number of rotatable bonds is 2. The average molecular weight is 129 g/mol. The van der Waals surface area contributed by atoms with Crippen molar-refractivity contribution < 1.29 is 4.84 Å². The van der Waals surface area contributed by atoms with Crippen LogP contribution in [0.2, 0.25) is 0 Å². The zero-order valence-electron chi connectivity index (χ0n) is 4.33. The highest BCUT2D eigenvalue weighted by molar-refractivity contribution is 7.09. The zero-order valence-corrected chi connectivity index (χ0v) is 5.15. The van der Waals surface area contributed by atoms with E-state index in [0.717, 1.165) is 4.88 Å². The van der Waals surface area contributed by atoms with Crippen molar-refractivity contribution in [2.45, 2.75) is 6.61 Å². The van der Waals surface area contributed by atoms with Gasteiger partial charge in [0.2, 0.25) is 0 Å². The molecule has 44 valence electrons. The molecule has 0 unspecified atom stereocenters. The number of hydrogen-bond donors (Lipinski definition) is 1. The van der Waals surface area contributed by atoms with Crippen LogP contribution in [-0.4, -0.2) is 0 Å². The fraction of sp³-hybridized carbons (Fsp3) is 0.200. The fourth-order valence-electron chi connectivity index (χ4n) is 0.477. The quantitative estimate of drug-likeness (QED) is 0.608. The van der Waals surface area contributed by atoms with Crippen LogP contribution in [0.5, 0.6) is 0 Å². The molecular weight excluding hydrogens is 122 g/mol. The van der Waals surface area contributed by atoms with Crippen molar-refractivity contribution in [3.63, 3.8) is 0 Å². The molecule has 0 aliphatic heterocycles. The second kappa shape index (κ2) is 2.81. The molecule has 1 rings (SSSR count). The van der Waals surface area contributed by atoms with E-state index in [1.807, 2.05) is 17.5 Å². The normalized spacial score (nSPS) is 9.62. The monoisotopic (exact) mass is 129 g/mol. The summed E-state index contributed by atoms with van der Waals surface area (Å²) in [6.45, 7) is 0.525. The molecule has 3 heteroatoms. The predicted octanol–water partition coefficient (Wildman–Crippen LogP) is 1.14. The molecule has 8 heavy (non-hydrogen) atoms. The van der Waals surface area contributed by atoms with E-state index >= 15 is 0 Å². The Labute approximate surface area is 51.8 Å². The van der Waals surface area contributed by atoms with Gasteiger partial charge in [0.15, 0.2) is 0 Å². The van der Waals surface area contributed by atoms with Crippen molar-refractivity contribution >= 4 is 11.3 Å². The van der Waals surface area contributed by atoms with Crippen molar-refractivity contribution in [2.24, 2.45) is 5.90 Å².